The Morgan fingerprint density at radius 2 is 1.93 bits per heavy atom. The number of hydrogen-bond acceptors (Lipinski definition) is 3. The zero-order valence-electron chi connectivity index (χ0n) is 16.4. The highest BCUT2D eigenvalue weighted by Gasteiger charge is 2.36. The Balaban J connectivity index is 0.00000364. The van der Waals surface area contributed by atoms with E-state index < -0.39 is 0 Å². The van der Waals surface area contributed by atoms with Gasteiger partial charge in [-0.05, 0) is 36.7 Å². The average molecular weight is 488 g/mol. The minimum Gasteiger partial charge on any atom is -0.385 e. The van der Waals surface area contributed by atoms with Gasteiger partial charge in [0.05, 0.1) is 6.54 Å². The van der Waals surface area contributed by atoms with Crippen LogP contribution in [0.4, 0.5) is 0 Å². The van der Waals surface area contributed by atoms with Gasteiger partial charge >= 0.3 is 0 Å². The molecule has 1 aliphatic rings. The largest absolute Gasteiger partial charge is 0.385 e. The van der Waals surface area contributed by atoms with Gasteiger partial charge in [0.1, 0.15) is 0 Å². The first-order chi connectivity index (χ1) is 12.7. The quantitative estimate of drug-likeness (QED) is 0.269. The lowest BCUT2D eigenvalue weighted by molar-refractivity contribution is -0.119. The van der Waals surface area contributed by atoms with Crippen molar-refractivity contribution >= 4 is 35.8 Å². The van der Waals surface area contributed by atoms with E-state index in [1.54, 1.807) is 14.2 Å². The summed E-state index contributed by atoms with van der Waals surface area (Å²) in [7, 11) is 3.47. The molecular weight excluding hydrogens is 455 g/mol. The summed E-state index contributed by atoms with van der Waals surface area (Å²) >= 11 is 0. The zero-order valence-corrected chi connectivity index (χ0v) is 18.8. The number of carbonyl (C=O) groups excluding carboxylic acids is 1. The summed E-state index contributed by atoms with van der Waals surface area (Å²) in [5.74, 6) is 0.647. The third kappa shape index (κ3) is 8.47. The van der Waals surface area contributed by atoms with Crippen LogP contribution in [0.15, 0.2) is 35.3 Å². The molecule has 1 aliphatic carbocycles. The summed E-state index contributed by atoms with van der Waals surface area (Å²) in [5.41, 5.74) is 1.53. The number of benzene rings is 1. The van der Waals surface area contributed by atoms with Crippen molar-refractivity contribution in [1.82, 2.24) is 16.0 Å². The van der Waals surface area contributed by atoms with Gasteiger partial charge < -0.3 is 20.7 Å². The van der Waals surface area contributed by atoms with Crippen molar-refractivity contribution < 1.29 is 9.53 Å². The van der Waals surface area contributed by atoms with Crippen LogP contribution in [0.5, 0.6) is 0 Å². The third-order valence-electron chi connectivity index (χ3n) is 5.10. The average Bonchev–Trinajstić information content (AvgIpc) is 2.63. The van der Waals surface area contributed by atoms with Crippen molar-refractivity contribution in [3.63, 3.8) is 0 Å². The second-order valence-corrected chi connectivity index (χ2v) is 6.96. The van der Waals surface area contributed by atoms with E-state index in [0.717, 1.165) is 26.0 Å². The molecule has 6 nitrogen and oxygen atoms in total. The van der Waals surface area contributed by atoms with Crippen LogP contribution in [0.1, 0.15) is 31.2 Å². The molecule has 3 N–H and O–H groups in total. The Hall–Kier alpha value is -1.35. The van der Waals surface area contributed by atoms with Crippen molar-refractivity contribution in [2.45, 2.75) is 32.1 Å². The van der Waals surface area contributed by atoms with Gasteiger partial charge in [-0.15, -0.1) is 24.0 Å². The lowest BCUT2D eigenvalue weighted by Gasteiger charge is -2.42. The van der Waals surface area contributed by atoms with E-state index in [0.29, 0.717) is 17.9 Å². The second-order valence-electron chi connectivity index (χ2n) is 6.96. The molecule has 0 bridgehead atoms. The summed E-state index contributed by atoms with van der Waals surface area (Å²) in [6, 6.07) is 10.1. The smallest absolute Gasteiger partial charge is 0.239 e. The molecule has 0 saturated heterocycles. The number of rotatable bonds is 10. The number of amides is 1. The van der Waals surface area contributed by atoms with E-state index in [1.165, 1.54) is 24.8 Å². The number of carbonyl (C=O) groups is 1. The molecule has 0 aliphatic heterocycles. The fourth-order valence-electron chi connectivity index (χ4n) is 3.22. The number of hydrogen-bond donors (Lipinski definition) is 3. The molecule has 1 fully saturated rings. The molecule has 0 heterocycles. The molecule has 2 rings (SSSR count). The minimum absolute atomic E-state index is 0. The zero-order chi connectivity index (χ0) is 18.7. The van der Waals surface area contributed by atoms with Gasteiger partial charge in [0.25, 0.3) is 0 Å². The van der Waals surface area contributed by atoms with Gasteiger partial charge in [0, 0.05) is 33.9 Å². The number of nitrogens with zero attached hydrogens (tertiary/aromatic N) is 1. The number of methoxy groups -OCH3 is 1. The standard InChI is InChI=1S/C20H32N4O2.HI/c1-21-19(24-16-20(10-6-11-20)12-14-26-2)23-15-18(25)22-13-9-17-7-4-3-5-8-17;/h3-5,7-8H,6,9-16H2,1-2H3,(H,22,25)(H2,21,23,24);1H. The topological polar surface area (TPSA) is 74.8 Å². The predicted molar refractivity (Wildman–Crippen MR) is 121 cm³/mol. The molecular formula is C20H33IN4O2. The fourth-order valence-corrected chi connectivity index (χ4v) is 3.22. The molecule has 0 unspecified atom stereocenters. The first-order valence-corrected chi connectivity index (χ1v) is 9.41. The molecule has 1 amide bonds. The minimum atomic E-state index is -0.0263. The molecule has 0 spiro atoms. The maximum atomic E-state index is 12.0. The maximum Gasteiger partial charge on any atom is 0.239 e. The maximum absolute atomic E-state index is 12.0. The van der Waals surface area contributed by atoms with Gasteiger partial charge in [0.2, 0.25) is 5.91 Å². The van der Waals surface area contributed by atoms with Crippen molar-refractivity contribution in [2.24, 2.45) is 10.4 Å². The number of guanidine groups is 1. The van der Waals surface area contributed by atoms with Gasteiger partial charge in [-0.3, -0.25) is 9.79 Å². The number of ether oxygens (including phenoxy) is 1. The SMILES string of the molecule is CN=C(NCC(=O)NCCc1ccccc1)NCC1(CCOC)CCC1.I. The van der Waals surface area contributed by atoms with Crippen LogP contribution < -0.4 is 16.0 Å². The Labute approximate surface area is 179 Å². The summed E-state index contributed by atoms with van der Waals surface area (Å²) in [6.45, 7) is 2.51. The molecule has 0 aromatic heterocycles. The van der Waals surface area contributed by atoms with Crippen LogP contribution in [0, 0.1) is 5.41 Å². The second kappa shape index (κ2) is 12.9. The highest BCUT2D eigenvalue weighted by atomic mass is 127. The Morgan fingerprint density at radius 1 is 1.19 bits per heavy atom. The number of aliphatic imine (C=N–C) groups is 1. The first-order valence-electron chi connectivity index (χ1n) is 9.41. The van der Waals surface area contributed by atoms with E-state index in [4.69, 9.17) is 4.74 Å². The highest BCUT2D eigenvalue weighted by Crippen LogP contribution is 2.43. The van der Waals surface area contributed by atoms with Crippen LogP contribution in [-0.4, -0.2) is 52.3 Å². The van der Waals surface area contributed by atoms with Crippen LogP contribution in [-0.2, 0) is 16.0 Å². The number of halogens is 1. The summed E-state index contributed by atoms with van der Waals surface area (Å²) in [6.07, 6.45) is 5.62. The van der Waals surface area contributed by atoms with Crippen LogP contribution in [0.25, 0.3) is 0 Å². The molecule has 0 radical (unpaired) electrons. The lowest BCUT2D eigenvalue weighted by atomic mass is 9.67. The highest BCUT2D eigenvalue weighted by molar-refractivity contribution is 14.0. The molecule has 27 heavy (non-hydrogen) atoms. The van der Waals surface area contributed by atoms with E-state index in [-0.39, 0.29) is 36.4 Å². The van der Waals surface area contributed by atoms with E-state index >= 15 is 0 Å². The van der Waals surface area contributed by atoms with Crippen molar-refractivity contribution in [3.8, 4) is 0 Å². The Kier molecular flexibility index (Phi) is 11.3. The summed E-state index contributed by atoms with van der Waals surface area (Å²) in [4.78, 5) is 16.2. The van der Waals surface area contributed by atoms with E-state index in [9.17, 15) is 4.79 Å². The normalized spacial score (nSPS) is 15.3. The van der Waals surface area contributed by atoms with Gasteiger partial charge in [-0.25, -0.2) is 0 Å². The Bertz CT molecular complexity index is 577. The monoisotopic (exact) mass is 488 g/mol. The van der Waals surface area contributed by atoms with Crippen molar-refractivity contribution in [2.75, 3.05) is 40.4 Å². The van der Waals surface area contributed by atoms with Crippen molar-refractivity contribution in [3.05, 3.63) is 35.9 Å². The molecule has 152 valence electrons. The van der Waals surface area contributed by atoms with Crippen LogP contribution in [0.3, 0.4) is 0 Å². The number of nitrogens with one attached hydrogen (secondary N) is 3. The van der Waals surface area contributed by atoms with Crippen LogP contribution >= 0.6 is 24.0 Å². The van der Waals surface area contributed by atoms with Gasteiger partial charge in [-0.1, -0.05) is 36.8 Å². The van der Waals surface area contributed by atoms with Crippen molar-refractivity contribution in [1.29, 1.82) is 0 Å². The molecule has 1 saturated carbocycles. The summed E-state index contributed by atoms with van der Waals surface area (Å²) in [5, 5.41) is 9.38. The Morgan fingerprint density at radius 3 is 2.52 bits per heavy atom. The van der Waals surface area contributed by atoms with Gasteiger partial charge in [-0.2, -0.15) is 0 Å². The summed E-state index contributed by atoms with van der Waals surface area (Å²) < 4.78 is 5.23. The molecule has 7 heteroatoms. The van der Waals surface area contributed by atoms with E-state index in [1.807, 2.05) is 18.2 Å². The molecule has 1 aromatic carbocycles. The van der Waals surface area contributed by atoms with E-state index in [2.05, 4.69) is 33.1 Å². The van der Waals surface area contributed by atoms with Crippen LogP contribution in [0.2, 0.25) is 0 Å². The third-order valence-corrected chi connectivity index (χ3v) is 5.10. The first kappa shape index (κ1) is 23.7. The van der Waals surface area contributed by atoms with Gasteiger partial charge in [0.15, 0.2) is 5.96 Å². The molecule has 0 atom stereocenters. The lowest BCUT2D eigenvalue weighted by Crippen LogP contribution is -2.48. The predicted octanol–water partition coefficient (Wildman–Crippen LogP) is 2.34. The molecule has 1 aromatic rings. The fraction of sp³-hybridized carbons (Fsp3) is 0.600.